The van der Waals surface area contributed by atoms with Gasteiger partial charge in [0.2, 0.25) is 0 Å². The van der Waals surface area contributed by atoms with Crippen molar-refractivity contribution in [2.75, 3.05) is 11.5 Å². The monoisotopic (exact) mass is 229 g/mol. The van der Waals surface area contributed by atoms with Crippen LogP contribution < -0.4 is 11.3 Å². The SMILES string of the molecule is CCC(C)(O)CSc1nc(N)cc(=O)[nH]1. The number of anilines is 1. The molecule has 0 radical (unpaired) electrons. The third-order valence-corrected chi connectivity index (χ3v) is 3.25. The van der Waals surface area contributed by atoms with Crippen LogP contribution >= 0.6 is 11.8 Å². The molecule has 0 amide bonds. The van der Waals surface area contributed by atoms with E-state index in [2.05, 4.69) is 9.97 Å². The zero-order chi connectivity index (χ0) is 11.5. The van der Waals surface area contributed by atoms with E-state index < -0.39 is 5.60 Å². The third kappa shape index (κ3) is 3.93. The van der Waals surface area contributed by atoms with Gasteiger partial charge in [-0.25, -0.2) is 4.98 Å². The van der Waals surface area contributed by atoms with E-state index in [-0.39, 0.29) is 11.4 Å². The highest BCUT2D eigenvalue weighted by Crippen LogP contribution is 2.20. The quantitative estimate of drug-likeness (QED) is 0.519. The number of aromatic amines is 1. The van der Waals surface area contributed by atoms with Crippen LogP contribution in [0.4, 0.5) is 5.82 Å². The van der Waals surface area contributed by atoms with E-state index in [0.29, 0.717) is 17.3 Å². The Bertz CT molecular complexity index is 389. The Morgan fingerprint density at radius 1 is 1.73 bits per heavy atom. The van der Waals surface area contributed by atoms with Gasteiger partial charge in [0.05, 0.1) is 5.60 Å². The average molecular weight is 229 g/mol. The molecule has 0 bridgehead atoms. The number of aromatic nitrogens is 2. The fraction of sp³-hybridized carbons (Fsp3) is 0.556. The van der Waals surface area contributed by atoms with Crippen LogP contribution in [0.5, 0.6) is 0 Å². The highest BCUT2D eigenvalue weighted by molar-refractivity contribution is 7.99. The number of nitrogen functional groups attached to an aromatic ring is 1. The van der Waals surface area contributed by atoms with E-state index in [1.165, 1.54) is 17.8 Å². The van der Waals surface area contributed by atoms with Crippen LogP contribution in [0.3, 0.4) is 0 Å². The van der Waals surface area contributed by atoms with Gasteiger partial charge in [-0.3, -0.25) is 4.79 Å². The molecule has 0 aromatic carbocycles. The third-order valence-electron chi connectivity index (χ3n) is 2.02. The fourth-order valence-electron chi connectivity index (χ4n) is 0.848. The second kappa shape index (κ2) is 4.67. The fourth-order valence-corrected chi connectivity index (χ4v) is 1.84. The molecule has 15 heavy (non-hydrogen) atoms. The summed E-state index contributed by atoms with van der Waals surface area (Å²) in [6, 6.07) is 1.22. The Morgan fingerprint density at radius 2 is 2.40 bits per heavy atom. The van der Waals surface area contributed by atoms with Crippen molar-refractivity contribution >= 4 is 17.6 Å². The summed E-state index contributed by atoms with van der Waals surface area (Å²) in [5, 5.41) is 10.2. The Labute approximate surface area is 92.1 Å². The molecule has 1 atom stereocenters. The first-order valence-electron chi connectivity index (χ1n) is 4.65. The van der Waals surface area contributed by atoms with Gasteiger partial charge in [0.15, 0.2) is 5.16 Å². The minimum absolute atomic E-state index is 0.192. The summed E-state index contributed by atoms with van der Waals surface area (Å²) in [4.78, 5) is 17.5. The lowest BCUT2D eigenvalue weighted by molar-refractivity contribution is 0.0815. The Kier molecular flexibility index (Phi) is 3.76. The number of rotatable bonds is 4. The van der Waals surface area contributed by atoms with Gasteiger partial charge in [-0.1, -0.05) is 18.7 Å². The Hall–Kier alpha value is -1.01. The molecular weight excluding hydrogens is 214 g/mol. The Balaban J connectivity index is 2.70. The summed E-state index contributed by atoms with van der Waals surface area (Å²) in [6.07, 6.45) is 0.645. The van der Waals surface area contributed by atoms with Crippen molar-refractivity contribution in [3.63, 3.8) is 0 Å². The van der Waals surface area contributed by atoms with Crippen molar-refractivity contribution in [2.45, 2.75) is 31.0 Å². The van der Waals surface area contributed by atoms with Gasteiger partial charge < -0.3 is 15.8 Å². The molecule has 5 nitrogen and oxygen atoms in total. The van der Waals surface area contributed by atoms with Crippen molar-refractivity contribution < 1.29 is 5.11 Å². The van der Waals surface area contributed by atoms with Crippen molar-refractivity contribution in [1.29, 1.82) is 0 Å². The molecule has 6 heteroatoms. The molecule has 0 spiro atoms. The summed E-state index contributed by atoms with van der Waals surface area (Å²) in [6.45, 7) is 3.64. The molecule has 84 valence electrons. The van der Waals surface area contributed by atoms with Gasteiger partial charge >= 0.3 is 0 Å². The van der Waals surface area contributed by atoms with Crippen LogP contribution in [0.25, 0.3) is 0 Å². The van der Waals surface area contributed by atoms with E-state index >= 15 is 0 Å². The van der Waals surface area contributed by atoms with Crippen molar-refractivity contribution in [3.8, 4) is 0 Å². The van der Waals surface area contributed by atoms with Gasteiger partial charge in [-0.15, -0.1) is 0 Å². The molecule has 0 saturated carbocycles. The highest BCUT2D eigenvalue weighted by Gasteiger charge is 2.18. The summed E-state index contributed by atoms with van der Waals surface area (Å²) in [5.74, 6) is 0.660. The van der Waals surface area contributed by atoms with E-state index in [4.69, 9.17) is 5.73 Å². The lowest BCUT2D eigenvalue weighted by atomic mass is 10.1. The zero-order valence-corrected chi connectivity index (χ0v) is 9.60. The molecule has 1 heterocycles. The van der Waals surface area contributed by atoms with Crippen LogP contribution in [0, 0.1) is 0 Å². The van der Waals surface area contributed by atoms with Crippen molar-refractivity contribution in [1.82, 2.24) is 9.97 Å². The van der Waals surface area contributed by atoms with E-state index in [9.17, 15) is 9.90 Å². The van der Waals surface area contributed by atoms with Gasteiger partial charge in [-0.2, -0.15) is 0 Å². The molecule has 1 aromatic heterocycles. The predicted molar refractivity (Wildman–Crippen MR) is 60.9 cm³/mol. The zero-order valence-electron chi connectivity index (χ0n) is 8.78. The summed E-state index contributed by atoms with van der Waals surface area (Å²) in [7, 11) is 0. The summed E-state index contributed by atoms with van der Waals surface area (Å²) < 4.78 is 0. The molecular formula is C9H15N3O2S. The number of nitrogens with zero attached hydrogens (tertiary/aromatic N) is 1. The number of hydrogen-bond donors (Lipinski definition) is 3. The number of aliphatic hydroxyl groups is 1. The van der Waals surface area contributed by atoms with E-state index in [1.54, 1.807) is 6.92 Å². The van der Waals surface area contributed by atoms with Gasteiger partial charge in [0.25, 0.3) is 5.56 Å². The maximum atomic E-state index is 11.1. The maximum Gasteiger partial charge on any atom is 0.253 e. The molecule has 0 aliphatic rings. The molecule has 0 saturated heterocycles. The normalized spacial score (nSPS) is 14.9. The number of thioether (sulfide) groups is 1. The van der Waals surface area contributed by atoms with Crippen LogP contribution in [-0.4, -0.2) is 26.4 Å². The second-order valence-electron chi connectivity index (χ2n) is 3.61. The van der Waals surface area contributed by atoms with Crippen LogP contribution in [0.2, 0.25) is 0 Å². The van der Waals surface area contributed by atoms with Crippen LogP contribution in [-0.2, 0) is 0 Å². The standard InChI is InChI=1S/C9H15N3O2S/c1-3-9(2,14)5-15-8-11-6(10)4-7(13)12-8/h4,14H,3,5H2,1-2H3,(H3,10,11,12,13). The first-order valence-corrected chi connectivity index (χ1v) is 5.63. The smallest absolute Gasteiger partial charge is 0.253 e. The summed E-state index contributed by atoms with van der Waals surface area (Å²) in [5.41, 5.74) is 4.39. The molecule has 0 aliphatic carbocycles. The topological polar surface area (TPSA) is 92.0 Å². The van der Waals surface area contributed by atoms with Crippen LogP contribution in [0.15, 0.2) is 16.0 Å². The minimum atomic E-state index is -0.756. The van der Waals surface area contributed by atoms with E-state index in [0.717, 1.165) is 0 Å². The molecule has 1 unspecified atom stereocenters. The first-order chi connectivity index (χ1) is 6.93. The Morgan fingerprint density at radius 3 is 2.93 bits per heavy atom. The molecule has 0 aliphatic heterocycles. The first kappa shape index (κ1) is 12.1. The lowest BCUT2D eigenvalue weighted by Gasteiger charge is -2.19. The number of H-pyrrole nitrogens is 1. The van der Waals surface area contributed by atoms with Gasteiger partial charge in [0, 0.05) is 11.8 Å². The molecule has 1 aromatic rings. The number of nitrogens with two attached hydrogens (primary N) is 1. The second-order valence-corrected chi connectivity index (χ2v) is 4.58. The predicted octanol–water partition coefficient (Wildman–Crippen LogP) is 0.605. The van der Waals surface area contributed by atoms with Crippen molar-refractivity contribution in [3.05, 3.63) is 16.4 Å². The average Bonchev–Trinajstić information content (AvgIpc) is 2.14. The highest BCUT2D eigenvalue weighted by atomic mass is 32.2. The lowest BCUT2D eigenvalue weighted by Crippen LogP contribution is -2.26. The molecule has 0 fully saturated rings. The summed E-state index contributed by atoms with van der Waals surface area (Å²) >= 11 is 1.28. The maximum absolute atomic E-state index is 11.1. The van der Waals surface area contributed by atoms with Crippen LogP contribution in [0.1, 0.15) is 20.3 Å². The molecule has 1 rings (SSSR count). The van der Waals surface area contributed by atoms with E-state index in [1.807, 2.05) is 6.92 Å². The van der Waals surface area contributed by atoms with Crippen molar-refractivity contribution in [2.24, 2.45) is 0 Å². The number of nitrogens with one attached hydrogen (secondary N) is 1. The minimum Gasteiger partial charge on any atom is -0.389 e. The number of hydrogen-bond acceptors (Lipinski definition) is 5. The van der Waals surface area contributed by atoms with Gasteiger partial charge in [-0.05, 0) is 13.3 Å². The molecule has 4 N–H and O–H groups in total. The largest absolute Gasteiger partial charge is 0.389 e. The van der Waals surface area contributed by atoms with Gasteiger partial charge in [0.1, 0.15) is 5.82 Å².